The molecule has 0 aromatic heterocycles. The summed E-state index contributed by atoms with van der Waals surface area (Å²) in [6.45, 7) is 0. The molecular formula is AlFeKO8P2. The Labute approximate surface area is 138 Å². The summed E-state index contributed by atoms with van der Waals surface area (Å²) in [5, 5.41) is 0. The van der Waals surface area contributed by atoms with Crippen LogP contribution in [-0.4, -0.2) is 17.4 Å². The van der Waals surface area contributed by atoms with Gasteiger partial charge in [0.1, 0.15) is 0 Å². The van der Waals surface area contributed by atoms with Crippen molar-refractivity contribution in [3.05, 3.63) is 0 Å². The summed E-state index contributed by atoms with van der Waals surface area (Å²) in [7, 11) is -10.8. The van der Waals surface area contributed by atoms with Gasteiger partial charge in [0.25, 0.3) is 0 Å². The second kappa shape index (κ2) is 13.0. The predicted octanol–water partition coefficient (Wildman–Crippen LogP) is -9.03. The summed E-state index contributed by atoms with van der Waals surface area (Å²) >= 11 is 0. The van der Waals surface area contributed by atoms with Crippen LogP contribution in [0.4, 0.5) is 0 Å². The quantitative estimate of drug-likeness (QED) is 0.313. The third-order valence-corrected chi connectivity index (χ3v) is 0. The average molecular weight is 312 g/mol. The zero-order valence-corrected chi connectivity index (χ0v) is 13.3. The topological polar surface area (TPSA) is 172 Å². The fraction of sp³-hybridized carbons (Fsp3) is 0. The van der Waals surface area contributed by atoms with Gasteiger partial charge in [-0.15, -0.1) is 0 Å². The minimum atomic E-state index is -5.39. The largest absolute Gasteiger partial charge is 3.00 e. The second-order valence-corrected chi connectivity index (χ2v) is 2.68. The summed E-state index contributed by atoms with van der Waals surface area (Å²) < 4.78 is 17.1. The molecule has 0 spiro atoms. The van der Waals surface area contributed by atoms with E-state index in [2.05, 4.69) is 0 Å². The van der Waals surface area contributed by atoms with Gasteiger partial charge >= 0.3 is 85.8 Å². The maximum Gasteiger partial charge on any atom is 3.00 e. The minimum Gasteiger partial charge on any atom is -0.822 e. The maximum absolute atomic E-state index is 8.55. The third-order valence-electron chi connectivity index (χ3n) is 0. The molecule has 0 saturated heterocycles. The molecule has 0 atom stereocenters. The molecule has 0 aliphatic rings. The van der Waals surface area contributed by atoms with Crippen LogP contribution < -0.4 is 80.7 Å². The van der Waals surface area contributed by atoms with Crippen molar-refractivity contribution in [1.82, 2.24) is 0 Å². The minimum absolute atomic E-state index is 0. The zero-order chi connectivity index (χ0) is 9.00. The fourth-order valence-corrected chi connectivity index (χ4v) is 0. The molecule has 13 heteroatoms. The van der Waals surface area contributed by atoms with E-state index < -0.39 is 15.6 Å². The van der Waals surface area contributed by atoms with Crippen molar-refractivity contribution < 1.29 is 107 Å². The SMILES string of the molecule is O=P([O-])([O-])[O-].O=P([O-])([O-])[O-].[Al+3].[Fe+2].[K+]. The van der Waals surface area contributed by atoms with E-state index >= 15 is 0 Å². The first kappa shape index (κ1) is 29.7. The molecule has 0 aliphatic heterocycles. The Balaban J connectivity index is -0.0000000267. The summed E-state index contributed by atoms with van der Waals surface area (Å²) in [5.41, 5.74) is 0. The molecule has 70 valence electrons. The van der Waals surface area contributed by atoms with Gasteiger partial charge in [-0.2, -0.15) is 15.6 Å². The molecule has 0 N–H and O–H groups in total. The van der Waals surface area contributed by atoms with Gasteiger partial charge in [-0.05, 0) is 0 Å². The van der Waals surface area contributed by atoms with Crippen molar-refractivity contribution in [1.29, 1.82) is 0 Å². The molecule has 13 heavy (non-hydrogen) atoms. The maximum atomic E-state index is 8.55. The Morgan fingerprint density at radius 1 is 0.692 bits per heavy atom. The van der Waals surface area contributed by atoms with E-state index in [1.807, 2.05) is 0 Å². The predicted molar refractivity (Wildman–Crippen MR) is 21.0 cm³/mol. The Bertz CT molecular complexity index is 134. The van der Waals surface area contributed by atoms with Crippen molar-refractivity contribution >= 4 is 33.0 Å². The number of hydrogen-bond donors (Lipinski definition) is 0. The summed E-state index contributed by atoms with van der Waals surface area (Å²) in [4.78, 5) is 51.3. The fourth-order valence-electron chi connectivity index (χ4n) is 0. The normalized spacial score (nSPS) is 9.08. The molecule has 0 aliphatic carbocycles. The molecule has 0 heterocycles. The van der Waals surface area contributed by atoms with E-state index in [-0.39, 0.29) is 85.8 Å². The second-order valence-electron chi connectivity index (χ2n) is 0.894. The first-order valence-electron chi connectivity index (χ1n) is 1.46. The molecule has 0 aromatic rings. The van der Waals surface area contributed by atoms with Gasteiger partial charge in [0, 0.05) is 0 Å². The molecule has 8 nitrogen and oxygen atoms in total. The molecule has 0 saturated carbocycles. The van der Waals surface area contributed by atoms with Crippen LogP contribution in [0.15, 0.2) is 0 Å². The van der Waals surface area contributed by atoms with Gasteiger partial charge in [-0.1, -0.05) is 0 Å². The van der Waals surface area contributed by atoms with Crippen LogP contribution in [0, 0.1) is 0 Å². The first-order valence-corrected chi connectivity index (χ1v) is 4.38. The van der Waals surface area contributed by atoms with Crippen LogP contribution in [0.2, 0.25) is 0 Å². The number of hydrogen-bond acceptors (Lipinski definition) is 8. The molecule has 0 unspecified atom stereocenters. The van der Waals surface area contributed by atoms with Gasteiger partial charge in [0.05, 0.1) is 0 Å². The first-order chi connectivity index (χ1) is 4.00. The van der Waals surface area contributed by atoms with E-state index in [0.29, 0.717) is 0 Å². The van der Waals surface area contributed by atoms with Gasteiger partial charge < -0.3 is 38.5 Å². The summed E-state index contributed by atoms with van der Waals surface area (Å²) in [6, 6.07) is 0. The van der Waals surface area contributed by atoms with Gasteiger partial charge in [0.2, 0.25) is 0 Å². The van der Waals surface area contributed by atoms with Crippen LogP contribution >= 0.6 is 15.6 Å². The monoisotopic (exact) mass is 312 g/mol. The summed E-state index contributed by atoms with van der Waals surface area (Å²) in [5.74, 6) is 0. The Morgan fingerprint density at radius 3 is 0.692 bits per heavy atom. The van der Waals surface area contributed by atoms with Crippen LogP contribution in [-0.2, 0) is 26.2 Å². The Hall–Kier alpha value is 2.91. The van der Waals surface area contributed by atoms with Crippen molar-refractivity contribution in [2.45, 2.75) is 0 Å². The molecular weight excluding hydrogens is 312 g/mol. The van der Waals surface area contributed by atoms with Gasteiger partial charge in [-0.3, -0.25) is 0 Å². The third kappa shape index (κ3) is 294. The van der Waals surface area contributed by atoms with Crippen LogP contribution in [0.5, 0.6) is 0 Å². The average Bonchev–Trinajstić information content (AvgIpc) is 1.12. The molecule has 0 bridgehead atoms. The van der Waals surface area contributed by atoms with Crippen molar-refractivity contribution in [3.63, 3.8) is 0 Å². The molecule has 0 aromatic carbocycles. The van der Waals surface area contributed by atoms with Gasteiger partial charge in [-0.25, -0.2) is 0 Å². The van der Waals surface area contributed by atoms with E-state index in [1.165, 1.54) is 0 Å². The van der Waals surface area contributed by atoms with Crippen LogP contribution in [0.25, 0.3) is 0 Å². The number of rotatable bonds is 0. The number of phosphoric acid groups is 2. The Kier molecular flexibility index (Phi) is 29.7. The van der Waals surface area contributed by atoms with E-state index in [9.17, 15) is 0 Å². The molecule has 0 amide bonds. The van der Waals surface area contributed by atoms with Crippen molar-refractivity contribution in [3.8, 4) is 0 Å². The van der Waals surface area contributed by atoms with Crippen molar-refractivity contribution in [2.24, 2.45) is 0 Å². The standard InChI is InChI=1S/Al.Fe.K.2H3O4P/c;;;2*1-5(2,3)4/h;;;2*(H3,1,2,3,4)/q+3;+2;+1;;/p-6. The van der Waals surface area contributed by atoms with E-state index in [1.54, 1.807) is 0 Å². The summed E-state index contributed by atoms with van der Waals surface area (Å²) in [6.07, 6.45) is 0. The van der Waals surface area contributed by atoms with Crippen LogP contribution in [0.1, 0.15) is 0 Å². The van der Waals surface area contributed by atoms with Gasteiger partial charge in [0.15, 0.2) is 0 Å². The van der Waals surface area contributed by atoms with Crippen LogP contribution in [0.3, 0.4) is 0 Å². The van der Waals surface area contributed by atoms with E-state index in [4.69, 9.17) is 38.5 Å². The molecule has 0 rings (SSSR count). The van der Waals surface area contributed by atoms with E-state index in [0.717, 1.165) is 0 Å². The zero-order valence-electron chi connectivity index (χ0n) is 6.09. The Morgan fingerprint density at radius 2 is 0.692 bits per heavy atom. The molecule has 0 fully saturated rings. The smallest absolute Gasteiger partial charge is 0.822 e. The van der Waals surface area contributed by atoms with Crippen molar-refractivity contribution in [2.75, 3.05) is 0 Å². The molecule has 0 radical (unpaired) electrons.